The predicted octanol–water partition coefficient (Wildman–Crippen LogP) is 3.45. The quantitative estimate of drug-likeness (QED) is 0.898. The highest BCUT2D eigenvalue weighted by atomic mass is 16.2. The van der Waals surface area contributed by atoms with E-state index in [1.54, 1.807) is 25.1 Å². The van der Waals surface area contributed by atoms with Crippen LogP contribution < -0.4 is 10.6 Å². The van der Waals surface area contributed by atoms with Crippen molar-refractivity contribution in [3.05, 3.63) is 59.2 Å². The second-order valence-electron chi connectivity index (χ2n) is 6.54. The lowest BCUT2D eigenvalue weighted by Crippen LogP contribution is -2.25. The summed E-state index contributed by atoms with van der Waals surface area (Å²) in [6, 6.07) is 13.1. The number of carbonyl (C=O) groups is 2. The second kappa shape index (κ2) is 7.38. The predicted molar refractivity (Wildman–Crippen MR) is 99.9 cm³/mol. The number of para-hydroxylation sites is 1. The minimum absolute atomic E-state index is 0.00622. The van der Waals surface area contributed by atoms with E-state index in [0.717, 1.165) is 24.1 Å². The lowest BCUT2D eigenvalue weighted by Gasteiger charge is -2.14. The zero-order chi connectivity index (χ0) is 17.8. The van der Waals surface area contributed by atoms with Gasteiger partial charge in [0, 0.05) is 25.5 Å². The molecule has 2 aromatic carbocycles. The molecule has 0 bridgehead atoms. The van der Waals surface area contributed by atoms with Gasteiger partial charge in [-0.15, -0.1) is 0 Å². The summed E-state index contributed by atoms with van der Waals surface area (Å²) in [4.78, 5) is 25.8. The third-order valence-electron chi connectivity index (χ3n) is 4.46. The molecular weight excluding hydrogens is 314 g/mol. The van der Waals surface area contributed by atoms with Crippen molar-refractivity contribution in [1.82, 2.24) is 4.90 Å². The Morgan fingerprint density at radius 3 is 2.56 bits per heavy atom. The van der Waals surface area contributed by atoms with Crippen LogP contribution in [0.5, 0.6) is 0 Å². The number of rotatable bonds is 4. The molecule has 0 unspecified atom stereocenters. The molecule has 0 fully saturated rings. The molecule has 2 N–H and O–H groups in total. The van der Waals surface area contributed by atoms with Gasteiger partial charge in [0.15, 0.2) is 0 Å². The highest BCUT2D eigenvalue weighted by Gasteiger charge is 2.13. The molecule has 3 amide bonds. The van der Waals surface area contributed by atoms with Crippen LogP contribution in [-0.4, -0.2) is 30.9 Å². The van der Waals surface area contributed by atoms with Crippen LogP contribution in [0.25, 0.3) is 0 Å². The number of carbonyl (C=O) groups excluding carboxylic acids is 2. The number of nitrogens with zero attached hydrogens (tertiary/aromatic N) is 1. The van der Waals surface area contributed by atoms with Gasteiger partial charge in [-0.2, -0.15) is 0 Å². The minimum Gasteiger partial charge on any atom is -0.349 e. The fourth-order valence-electron chi connectivity index (χ4n) is 3.05. The second-order valence-corrected chi connectivity index (χ2v) is 6.54. The van der Waals surface area contributed by atoms with Gasteiger partial charge in [-0.25, -0.2) is 4.79 Å². The summed E-state index contributed by atoms with van der Waals surface area (Å²) in [7, 11) is 3.44. The van der Waals surface area contributed by atoms with Crippen LogP contribution in [-0.2, 0) is 24.1 Å². The monoisotopic (exact) mass is 337 g/mol. The van der Waals surface area contributed by atoms with Crippen LogP contribution in [0.2, 0.25) is 0 Å². The first-order valence-electron chi connectivity index (χ1n) is 8.51. The maximum absolute atomic E-state index is 12.3. The van der Waals surface area contributed by atoms with E-state index in [1.807, 2.05) is 30.3 Å². The Labute approximate surface area is 148 Å². The first kappa shape index (κ1) is 17.0. The fraction of sp³-hybridized carbons (Fsp3) is 0.300. The summed E-state index contributed by atoms with van der Waals surface area (Å²) in [6.45, 7) is 0. The number of benzene rings is 2. The molecule has 0 spiro atoms. The van der Waals surface area contributed by atoms with Gasteiger partial charge in [-0.05, 0) is 54.2 Å². The van der Waals surface area contributed by atoms with Crippen LogP contribution in [0.15, 0.2) is 42.5 Å². The van der Waals surface area contributed by atoms with Gasteiger partial charge in [0.05, 0.1) is 6.42 Å². The molecule has 3 rings (SSSR count). The molecule has 0 atom stereocenters. The van der Waals surface area contributed by atoms with Crippen LogP contribution in [0, 0.1) is 0 Å². The van der Waals surface area contributed by atoms with Crippen LogP contribution in [0.1, 0.15) is 23.1 Å². The third-order valence-corrected chi connectivity index (χ3v) is 4.46. The third kappa shape index (κ3) is 4.18. The van der Waals surface area contributed by atoms with E-state index in [0.29, 0.717) is 5.69 Å². The number of amides is 3. The zero-order valence-corrected chi connectivity index (χ0v) is 14.6. The van der Waals surface area contributed by atoms with Gasteiger partial charge in [-0.3, -0.25) is 4.79 Å². The van der Waals surface area contributed by atoms with Gasteiger partial charge in [0.1, 0.15) is 0 Å². The van der Waals surface area contributed by atoms with Crippen LogP contribution >= 0.6 is 0 Å². The van der Waals surface area contributed by atoms with E-state index in [2.05, 4.69) is 16.7 Å². The van der Waals surface area contributed by atoms with E-state index in [9.17, 15) is 9.59 Å². The molecule has 1 aliphatic carbocycles. The van der Waals surface area contributed by atoms with E-state index in [-0.39, 0.29) is 18.4 Å². The average Bonchev–Trinajstić information content (AvgIpc) is 3.04. The Morgan fingerprint density at radius 2 is 1.76 bits per heavy atom. The smallest absolute Gasteiger partial charge is 0.323 e. The first-order valence-corrected chi connectivity index (χ1v) is 8.51. The maximum atomic E-state index is 12.3. The number of hydrogen-bond acceptors (Lipinski definition) is 2. The molecule has 5 nitrogen and oxygen atoms in total. The summed E-state index contributed by atoms with van der Waals surface area (Å²) in [5, 5.41) is 5.73. The number of fused-ring (bicyclic) bond motifs is 1. The standard InChI is InChI=1S/C20H23N3O2/c1-23(2)19(24)13-16-6-3-4-9-18(16)22-20(25)21-17-11-10-14-7-5-8-15(14)12-17/h3-4,6,9-12H,5,7-8,13H2,1-2H3,(H2,21,22,25). The lowest BCUT2D eigenvalue weighted by molar-refractivity contribution is -0.127. The number of nitrogens with one attached hydrogen (secondary N) is 2. The van der Waals surface area contributed by atoms with Crippen molar-refractivity contribution in [2.24, 2.45) is 0 Å². The largest absolute Gasteiger partial charge is 0.349 e. The molecule has 25 heavy (non-hydrogen) atoms. The van der Waals surface area contributed by atoms with E-state index in [1.165, 1.54) is 17.5 Å². The lowest BCUT2D eigenvalue weighted by atomic mass is 10.1. The van der Waals surface area contributed by atoms with Gasteiger partial charge in [0.25, 0.3) is 0 Å². The number of anilines is 2. The average molecular weight is 337 g/mol. The molecule has 2 aromatic rings. The van der Waals surface area contributed by atoms with Gasteiger partial charge in [-0.1, -0.05) is 24.3 Å². The van der Waals surface area contributed by atoms with Crippen molar-refractivity contribution < 1.29 is 9.59 Å². The molecule has 0 aliphatic heterocycles. The topological polar surface area (TPSA) is 61.4 Å². The summed E-state index contributed by atoms with van der Waals surface area (Å²) in [5.74, 6) is -0.00622. The Hall–Kier alpha value is -2.82. The van der Waals surface area contributed by atoms with Gasteiger partial charge < -0.3 is 15.5 Å². The Bertz CT molecular complexity index is 799. The molecule has 0 radical (unpaired) electrons. The van der Waals surface area contributed by atoms with Crippen LogP contribution in [0.3, 0.4) is 0 Å². The molecule has 1 aliphatic rings. The van der Waals surface area contributed by atoms with Crippen molar-refractivity contribution >= 4 is 23.3 Å². The number of urea groups is 1. The van der Waals surface area contributed by atoms with Crippen molar-refractivity contribution in [2.75, 3.05) is 24.7 Å². The highest BCUT2D eigenvalue weighted by molar-refractivity contribution is 6.00. The molecule has 130 valence electrons. The minimum atomic E-state index is -0.303. The van der Waals surface area contributed by atoms with Crippen molar-refractivity contribution in [2.45, 2.75) is 25.7 Å². The molecule has 0 aromatic heterocycles. The van der Waals surface area contributed by atoms with E-state index in [4.69, 9.17) is 0 Å². The summed E-state index contributed by atoms with van der Waals surface area (Å²) < 4.78 is 0. The normalized spacial score (nSPS) is 12.4. The number of aryl methyl sites for hydroxylation is 2. The Kier molecular flexibility index (Phi) is 5.03. The van der Waals surface area contributed by atoms with Crippen molar-refractivity contribution in [1.29, 1.82) is 0 Å². The molecule has 0 heterocycles. The van der Waals surface area contributed by atoms with E-state index >= 15 is 0 Å². The first-order chi connectivity index (χ1) is 12.0. The maximum Gasteiger partial charge on any atom is 0.323 e. The number of hydrogen-bond donors (Lipinski definition) is 2. The summed E-state index contributed by atoms with van der Waals surface area (Å²) in [5.41, 5.74) is 4.93. The Balaban J connectivity index is 1.68. The number of likely N-dealkylation sites (N-methyl/N-ethyl adjacent to an activating group) is 1. The Morgan fingerprint density at radius 1 is 1.00 bits per heavy atom. The SMILES string of the molecule is CN(C)C(=O)Cc1ccccc1NC(=O)Nc1ccc2c(c1)CCC2. The molecule has 5 heteroatoms. The molecular formula is C20H23N3O2. The van der Waals surface area contributed by atoms with E-state index < -0.39 is 0 Å². The molecule has 0 saturated carbocycles. The summed E-state index contributed by atoms with van der Waals surface area (Å²) in [6.07, 6.45) is 3.62. The van der Waals surface area contributed by atoms with Crippen molar-refractivity contribution in [3.8, 4) is 0 Å². The van der Waals surface area contributed by atoms with Gasteiger partial charge >= 0.3 is 6.03 Å². The molecule has 0 saturated heterocycles. The van der Waals surface area contributed by atoms with Crippen LogP contribution in [0.4, 0.5) is 16.2 Å². The highest BCUT2D eigenvalue weighted by Crippen LogP contribution is 2.25. The van der Waals surface area contributed by atoms with Crippen molar-refractivity contribution in [3.63, 3.8) is 0 Å². The van der Waals surface area contributed by atoms with Gasteiger partial charge in [0.2, 0.25) is 5.91 Å². The zero-order valence-electron chi connectivity index (χ0n) is 14.6. The summed E-state index contributed by atoms with van der Waals surface area (Å²) >= 11 is 0. The fourth-order valence-corrected chi connectivity index (χ4v) is 3.05.